The maximum absolute atomic E-state index is 11.8. The van der Waals surface area contributed by atoms with Crippen LogP contribution in [-0.4, -0.2) is 12.1 Å². The average Bonchev–Trinajstić information content (AvgIpc) is 2.63. The molecule has 102 valence electrons. The van der Waals surface area contributed by atoms with Crippen LogP contribution in [0.3, 0.4) is 0 Å². The summed E-state index contributed by atoms with van der Waals surface area (Å²) in [7, 11) is 0. The van der Waals surface area contributed by atoms with Gasteiger partial charge in [-0.15, -0.1) is 0 Å². The number of hydrogen-bond acceptors (Lipinski definition) is 2. The Hall–Kier alpha value is -0.530. The summed E-state index contributed by atoms with van der Waals surface area (Å²) in [4.78, 5) is 11.8. The number of fused-ring (bicyclic) bond motifs is 2. The van der Waals surface area contributed by atoms with Crippen molar-refractivity contribution in [2.75, 3.05) is 0 Å². The maximum Gasteiger partial charge on any atom is 0.309 e. The number of hydrogen-bond donors (Lipinski definition) is 0. The van der Waals surface area contributed by atoms with Gasteiger partial charge in [-0.3, -0.25) is 4.79 Å². The Kier molecular flexibility index (Phi) is 3.38. The molecule has 2 saturated carbocycles. The average molecular weight is 250 g/mol. The number of ether oxygens (including phenoxy) is 1. The zero-order chi connectivity index (χ0) is 12.7. The highest BCUT2D eigenvalue weighted by molar-refractivity contribution is 5.74. The third-order valence-electron chi connectivity index (χ3n) is 5.96. The second-order valence-electron chi connectivity index (χ2n) is 6.84. The van der Waals surface area contributed by atoms with Crippen LogP contribution in [0.2, 0.25) is 0 Å². The highest BCUT2D eigenvalue weighted by Gasteiger charge is 2.48. The minimum Gasteiger partial charge on any atom is -0.462 e. The van der Waals surface area contributed by atoms with Crippen molar-refractivity contribution < 1.29 is 9.53 Å². The van der Waals surface area contributed by atoms with Gasteiger partial charge >= 0.3 is 5.97 Å². The summed E-state index contributed by atoms with van der Waals surface area (Å²) in [5.74, 6) is 3.13. The summed E-state index contributed by atoms with van der Waals surface area (Å²) in [5, 5.41) is 0. The minimum atomic E-state index is 0.0612. The molecule has 0 spiro atoms. The molecule has 3 aliphatic rings. The lowest BCUT2D eigenvalue weighted by Gasteiger charge is -2.42. The highest BCUT2D eigenvalue weighted by Crippen LogP contribution is 2.48. The first-order valence-electron chi connectivity index (χ1n) is 7.89. The first-order chi connectivity index (χ1) is 8.68. The monoisotopic (exact) mass is 250 g/mol. The molecule has 2 aliphatic carbocycles. The Morgan fingerprint density at radius 3 is 2.56 bits per heavy atom. The van der Waals surface area contributed by atoms with Crippen LogP contribution in [0.1, 0.15) is 58.8 Å². The standard InChI is InChI=1S/C16H26O2/c1-10-13-8-4-3-6-12(13)7-5-9-14-15(10)11(2)16(17)18-14/h10-15H,3-9H2,1-2H3/t10-,11-,12+,13-,14-,15-/m0/s1. The molecular weight excluding hydrogens is 224 g/mol. The summed E-state index contributed by atoms with van der Waals surface area (Å²) in [5.41, 5.74) is 0. The molecule has 3 fully saturated rings. The summed E-state index contributed by atoms with van der Waals surface area (Å²) in [6.45, 7) is 4.48. The maximum atomic E-state index is 11.8. The molecule has 18 heavy (non-hydrogen) atoms. The molecule has 0 radical (unpaired) electrons. The Balaban J connectivity index is 1.83. The molecule has 0 unspecified atom stereocenters. The van der Waals surface area contributed by atoms with Crippen LogP contribution in [0.4, 0.5) is 0 Å². The van der Waals surface area contributed by atoms with E-state index in [0.717, 1.165) is 18.3 Å². The molecule has 1 heterocycles. The van der Waals surface area contributed by atoms with E-state index in [1.807, 2.05) is 0 Å². The van der Waals surface area contributed by atoms with Gasteiger partial charge in [0.05, 0.1) is 5.92 Å². The SMILES string of the molecule is C[C@H]1[C@@H]2CCCC[C@@H]2CCC[C@@H]2OC(=O)[C@@H](C)[C@H]12. The first kappa shape index (κ1) is 12.5. The minimum absolute atomic E-state index is 0.0612. The molecule has 6 atom stereocenters. The molecule has 0 N–H and O–H groups in total. The van der Waals surface area contributed by atoms with Gasteiger partial charge in [0.15, 0.2) is 0 Å². The van der Waals surface area contributed by atoms with E-state index in [0.29, 0.717) is 11.8 Å². The van der Waals surface area contributed by atoms with Crippen molar-refractivity contribution in [2.45, 2.75) is 64.9 Å². The highest BCUT2D eigenvalue weighted by atomic mass is 16.6. The van der Waals surface area contributed by atoms with Gasteiger partial charge in [-0.05, 0) is 37.0 Å². The molecule has 2 nitrogen and oxygen atoms in total. The van der Waals surface area contributed by atoms with E-state index in [4.69, 9.17) is 4.74 Å². The third kappa shape index (κ3) is 1.98. The second-order valence-corrected chi connectivity index (χ2v) is 6.84. The van der Waals surface area contributed by atoms with Gasteiger partial charge in [-0.1, -0.05) is 39.5 Å². The van der Waals surface area contributed by atoms with E-state index < -0.39 is 0 Å². The topological polar surface area (TPSA) is 26.3 Å². The van der Waals surface area contributed by atoms with Crippen molar-refractivity contribution in [3.8, 4) is 0 Å². The van der Waals surface area contributed by atoms with Gasteiger partial charge in [0.25, 0.3) is 0 Å². The summed E-state index contributed by atoms with van der Waals surface area (Å²) < 4.78 is 5.62. The van der Waals surface area contributed by atoms with Crippen molar-refractivity contribution in [3.63, 3.8) is 0 Å². The Bertz CT molecular complexity index is 325. The molecule has 0 aromatic carbocycles. The molecule has 1 saturated heterocycles. The summed E-state index contributed by atoms with van der Waals surface area (Å²) in [6.07, 6.45) is 9.59. The van der Waals surface area contributed by atoms with E-state index in [1.165, 1.54) is 38.5 Å². The Morgan fingerprint density at radius 2 is 1.72 bits per heavy atom. The first-order valence-corrected chi connectivity index (χ1v) is 7.89. The predicted molar refractivity (Wildman–Crippen MR) is 71.0 cm³/mol. The quantitative estimate of drug-likeness (QED) is 0.611. The lowest BCUT2D eigenvalue weighted by molar-refractivity contribution is -0.144. The number of esters is 1. The van der Waals surface area contributed by atoms with E-state index >= 15 is 0 Å². The van der Waals surface area contributed by atoms with Crippen LogP contribution in [-0.2, 0) is 9.53 Å². The normalized spacial score (nSPS) is 48.7. The van der Waals surface area contributed by atoms with E-state index in [1.54, 1.807) is 0 Å². The fourth-order valence-electron chi connectivity index (χ4n) is 5.01. The zero-order valence-corrected chi connectivity index (χ0v) is 11.7. The van der Waals surface area contributed by atoms with Crippen molar-refractivity contribution >= 4 is 5.97 Å². The van der Waals surface area contributed by atoms with Crippen LogP contribution in [0.15, 0.2) is 0 Å². The van der Waals surface area contributed by atoms with E-state index in [2.05, 4.69) is 13.8 Å². The van der Waals surface area contributed by atoms with Crippen molar-refractivity contribution in [3.05, 3.63) is 0 Å². The Labute approximate surface area is 110 Å². The van der Waals surface area contributed by atoms with E-state index in [-0.39, 0.29) is 18.0 Å². The van der Waals surface area contributed by atoms with Crippen LogP contribution in [0.5, 0.6) is 0 Å². The van der Waals surface area contributed by atoms with Crippen LogP contribution < -0.4 is 0 Å². The van der Waals surface area contributed by atoms with Crippen molar-refractivity contribution in [2.24, 2.45) is 29.6 Å². The van der Waals surface area contributed by atoms with Gasteiger partial charge in [0, 0.05) is 5.92 Å². The van der Waals surface area contributed by atoms with Crippen molar-refractivity contribution in [1.29, 1.82) is 0 Å². The van der Waals surface area contributed by atoms with Crippen LogP contribution in [0.25, 0.3) is 0 Å². The van der Waals surface area contributed by atoms with Gasteiger partial charge in [0.1, 0.15) is 6.10 Å². The van der Waals surface area contributed by atoms with Crippen LogP contribution in [0, 0.1) is 29.6 Å². The van der Waals surface area contributed by atoms with Gasteiger partial charge in [0.2, 0.25) is 0 Å². The molecule has 0 aromatic heterocycles. The second kappa shape index (κ2) is 4.86. The lowest BCUT2D eigenvalue weighted by Crippen LogP contribution is -2.37. The molecular formula is C16H26O2. The number of carbonyl (C=O) groups is 1. The molecule has 0 aromatic rings. The predicted octanol–water partition coefficient (Wildman–Crippen LogP) is 3.79. The molecule has 2 heteroatoms. The lowest BCUT2D eigenvalue weighted by atomic mass is 9.63. The number of carbonyl (C=O) groups excluding carboxylic acids is 1. The fourth-order valence-corrected chi connectivity index (χ4v) is 5.01. The van der Waals surface area contributed by atoms with Gasteiger partial charge in [-0.25, -0.2) is 0 Å². The summed E-state index contributed by atoms with van der Waals surface area (Å²) in [6, 6.07) is 0. The largest absolute Gasteiger partial charge is 0.462 e. The fraction of sp³-hybridized carbons (Fsp3) is 0.938. The molecule has 1 aliphatic heterocycles. The third-order valence-corrected chi connectivity index (χ3v) is 5.96. The van der Waals surface area contributed by atoms with Crippen LogP contribution >= 0.6 is 0 Å². The molecule has 3 rings (SSSR count). The smallest absolute Gasteiger partial charge is 0.309 e. The van der Waals surface area contributed by atoms with Crippen molar-refractivity contribution in [1.82, 2.24) is 0 Å². The van der Waals surface area contributed by atoms with Gasteiger partial charge in [-0.2, -0.15) is 0 Å². The van der Waals surface area contributed by atoms with Gasteiger partial charge < -0.3 is 4.74 Å². The Morgan fingerprint density at radius 1 is 1.00 bits per heavy atom. The van der Waals surface area contributed by atoms with E-state index in [9.17, 15) is 4.79 Å². The summed E-state index contributed by atoms with van der Waals surface area (Å²) >= 11 is 0. The number of rotatable bonds is 0. The molecule has 0 bridgehead atoms. The zero-order valence-electron chi connectivity index (χ0n) is 11.7. The molecule has 0 amide bonds.